The number of carbonyl (C=O) groups is 1. The lowest BCUT2D eigenvalue weighted by Gasteiger charge is -2.10. The normalized spacial score (nSPS) is 15.7. The predicted octanol–water partition coefficient (Wildman–Crippen LogP) is 4.31. The molecule has 1 fully saturated rings. The van der Waals surface area contributed by atoms with Crippen LogP contribution in [0.2, 0.25) is 0 Å². The first kappa shape index (κ1) is 18.2. The molecule has 1 N–H and O–H groups in total. The van der Waals surface area contributed by atoms with E-state index in [-0.39, 0.29) is 6.42 Å². The summed E-state index contributed by atoms with van der Waals surface area (Å²) < 4.78 is 40.2. The minimum Gasteiger partial charge on any atom is -0.351 e. The van der Waals surface area contributed by atoms with Gasteiger partial charge < -0.3 is 4.57 Å². The number of carbonyl (C=O) groups excluding carboxylic acids is 1. The molecule has 26 heavy (non-hydrogen) atoms. The summed E-state index contributed by atoms with van der Waals surface area (Å²) in [6.45, 7) is 0. The Labute approximate surface area is 149 Å². The van der Waals surface area contributed by atoms with E-state index in [1.165, 1.54) is 44.0 Å². The number of amides is 1. The van der Waals surface area contributed by atoms with Crippen molar-refractivity contribution < 1.29 is 18.0 Å². The predicted molar refractivity (Wildman–Crippen MR) is 92.8 cm³/mol. The third-order valence-corrected chi connectivity index (χ3v) is 4.51. The van der Waals surface area contributed by atoms with E-state index < -0.39 is 17.6 Å². The lowest BCUT2D eigenvalue weighted by Crippen LogP contribution is -2.20. The molecule has 2 aromatic rings. The van der Waals surface area contributed by atoms with E-state index in [4.69, 9.17) is 0 Å². The van der Waals surface area contributed by atoms with Gasteiger partial charge in [-0.3, -0.25) is 4.79 Å². The Morgan fingerprint density at radius 2 is 2.04 bits per heavy atom. The molecule has 1 aliphatic rings. The molecule has 0 unspecified atom stereocenters. The molecule has 3 rings (SSSR count). The first-order chi connectivity index (χ1) is 12.4. The maximum atomic E-state index is 12.7. The molecule has 138 valence electrons. The highest BCUT2D eigenvalue weighted by atomic mass is 19.4. The van der Waals surface area contributed by atoms with Gasteiger partial charge in [0.1, 0.15) is 0 Å². The molecule has 1 aromatic heterocycles. The van der Waals surface area contributed by atoms with Gasteiger partial charge in [0.05, 0.1) is 18.2 Å². The Morgan fingerprint density at radius 1 is 1.27 bits per heavy atom. The van der Waals surface area contributed by atoms with Gasteiger partial charge in [0.2, 0.25) is 5.91 Å². The Morgan fingerprint density at radius 3 is 2.77 bits per heavy atom. The summed E-state index contributed by atoms with van der Waals surface area (Å²) in [6, 6.07) is 7.19. The van der Waals surface area contributed by atoms with Crippen LogP contribution in [0.4, 0.5) is 13.2 Å². The second-order valence-electron chi connectivity index (χ2n) is 6.50. The van der Waals surface area contributed by atoms with Crippen LogP contribution in [0.5, 0.6) is 0 Å². The van der Waals surface area contributed by atoms with E-state index in [0.717, 1.165) is 17.7 Å². The van der Waals surface area contributed by atoms with E-state index in [2.05, 4.69) is 15.1 Å². The number of benzene rings is 1. The molecule has 4 nitrogen and oxygen atoms in total. The van der Waals surface area contributed by atoms with Gasteiger partial charge in [-0.05, 0) is 30.5 Å². The Bertz CT molecular complexity index is 789. The molecule has 0 atom stereocenters. The zero-order valence-electron chi connectivity index (χ0n) is 14.2. The third-order valence-electron chi connectivity index (χ3n) is 4.51. The van der Waals surface area contributed by atoms with Crippen molar-refractivity contribution in [1.29, 1.82) is 0 Å². The number of aromatic nitrogens is 1. The molecule has 0 saturated heterocycles. The van der Waals surface area contributed by atoms with Gasteiger partial charge >= 0.3 is 6.18 Å². The summed E-state index contributed by atoms with van der Waals surface area (Å²) in [5.41, 5.74) is 2.76. The molecule has 1 aliphatic carbocycles. The molecule has 1 aromatic carbocycles. The monoisotopic (exact) mass is 363 g/mol. The number of hydrogen-bond acceptors (Lipinski definition) is 2. The summed E-state index contributed by atoms with van der Waals surface area (Å²) in [5, 5.41) is 3.89. The van der Waals surface area contributed by atoms with Crippen LogP contribution < -0.4 is 5.43 Å². The van der Waals surface area contributed by atoms with Gasteiger partial charge in [0.15, 0.2) is 0 Å². The number of alkyl halides is 3. The van der Waals surface area contributed by atoms with Crippen molar-refractivity contribution in [3.8, 4) is 0 Å². The van der Waals surface area contributed by atoms with Gasteiger partial charge in [-0.2, -0.15) is 18.3 Å². The fourth-order valence-corrected chi connectivity index (χ4v) is 3.20. The second kappa shape index (κ2) is 7.76. The summed E-state index contributed by atoms with van der Waals surface area (Å²) in [6.07, 6.45) is 5.80. The van der Waals surface area contributed by atoms with Crippen LogP contribution in [-0.2, 0) is 17.4 Å². The SMILES string of the molecule is O=C(Cc1cccc(C(F)(F)F)c1)N/N=C/c1ccn(C2CCCC2)c1. The van der Waals surface area contributed by atoms with Crippen molar-refractivity contribution >= 4 is 12.1 Å². The molecule has 0 aliphatic heterocycles. The number of nitrogens with zero attached hydrogens (tertiary/aromatic N) is 2. The first-order valence-electron chi connectivity index (χ1n) is 8.57. The molecular weight excluding hydrogens is 343 g/mol. The van der Waals surface area contributed by atoms with Gasteiger partial charge in [0.25, 0.3) is 0 Å². The van der Waals surface area contributed by atoms with Crippen molar-refractivity contribution in [3.63, 3.8) is 0 Å². The van der Waals surface area contributed by atoms with Gasteiger partial charge in [-0.15, -0.1) is 0 Å². The average molecular weight is 363 g/mol. The smallest absolute Gasteiger partial charge is 0.351 e. The van der Waals surface area contributed by atoms with Crippen LogP contribution in [0.3, 0.4) is 0 Å². The lowest BCUT2D eigenvalue weighted by molar-refractivity contribution is -0.137. The molecule has 1 heterocycles. The summed E-state index contributed by atoms with van der Waals surface area (Å²) in [5.74, 6) is -0.462. The van der Waals surface area contributed by atoms with Gasteiger partial charge in [-0.1, -0.05) is 31.0 Å². The zero-order valence-corrected chi connectivity index (χ0v) is 14.2. The molecule has 0 bridgehead atoms. The Balaban J connectivity index is 1.53. The lowest BCUT2D eigenvalue weighted by atomic mass is 10.1. The average Bonchev–Trinajstić information content (AvgIpc) is 3.25. The Kier molecular flexibility index (Phi) is 5.44. The summed E-state index contributed by atoms with van der Waals surface area (Å²) in [7, 11) is 0. The zero-order chi connectivity index (χ0) is 18.6. The largest absolute Gasteiger partial charge is 0.416 e. The maximum Gasteiger partial charge on any atom is 0.416 e. The minimum atomic E-state index is -4.42. The highest BCUT2D eigenvalue weighted by molar-refractivity contribution is 5.83. The number of hydrazone groups is 1. The number of halogens is 3. The highest BCUT2D eigenvalue weighted by Gasteiger charge is 2.30. The van der Waals surface area contributed by atoms with Crippen LogP contribution in [-0.4, -0.2) is 16.7 Å². The van der Waals surface area contributed by atoms with Crippen LogP contribution in [0, 0.1) is 0 Å². The Hall–Kier alpha value is -2.57. The molecular formula is C19H20F3N3O. The molecule has 1 amide bonds. The quantitative estimate of drug-likeness (QED) is 0.624. The molecule has 7 heteroatoms. The van der Waals surface area contributed by atoms with Crippen LogP contribution >= 0.6 is 0 Å². The number of hydrogen-bond donors (Lipinski definition) is 1. The van der Waals surface area contributed by atoms with E-state index in [9.17, 15) is 18.0 Å². The van der Waals surface area contributed by atoms with E-state index in [0.29, 0.717) is 11.6 Å². The number of rotatable bonds is 5. The van der Waals surface area contributed by atoms with Crippen LogP contribution in [0.15, 0.2) is 47.8 Å². The minimum absolute atomic E-state index is 0.162. The van der Waals surface area contributed by atoms with Gasteiger partial charge in [-0.25, -0.2) is 5.43 Å². The van der Waals surface area contributed by atoms with Crippen LogP contribution in [0.25, 0.3) is 0 Å². The van der Waals surface area contributed by atoms with E-state index >= 15 is 0 Å². The van der Waals surface area contributed by atoms with Crippen molar-refractivity contribution in [2.45, 2.75) is 44.3 Å². The van der Waals surface area contributed by atoms with E-state index in [1.54, 1.807) is 0 Å². The topological polar surface area (TPSA) is 46.4 Å². The van der Waals surface area contributed by atoms with Crippen molar-refractivity contribution in [3.05, 3.63) is 59.4 Å². The van der Waals surface area contributed by atoms with Crippen molar-refractivity contribution in [1.82, 2.24) is 9.99 Å². The molecule has 1 saturated carbocycles. The standard InChI is InChI=1S/C19H20F3N3O/c20-19(21,22)16-5-3-4-14(10-16)11-18(26)24-23-12-15-8-9-25(13-15)17-6-1-2-7-17/h3-5,8-10,12-13,17H,1-2,6-7,11H2,(H,24,26)/b23-12+. The molecule has 0 radical (unpaired) electrons. The van der Waals surface area contributed by atoms with Crippen molar-refractivity contribution in [2.75, 3.05) is 0 Å². The van der Waals surface area contributed by atoms with Gasteiger partial charge in [0, 0.05) is 24.0 Å². The summed E-state index contributed by atoms with van der Waals surface area (Å²) >= 11 is 0. The second-order valence-corrected chi connectivity index (χ2v) is 6.50. The first-order valence-corrected chi connectivity index (χ1v) is 8.57. The van der Waals surface area contributed by atoms with Crippen molar-refractivity contribution in [2.24, 2.45) is 5.10 Å². The number of nitrogens with one attached hydrogen (secondary N) is 1. The fourth-order valence-electron chi connectivity index (χ4n) is 3.20. The molecule has 0 spiro atoms. The highest BCUT2D eigenvalue weighted by Crippen LogP contribution is 2.30. The maximum absolute atomic E-state index is 12.7. The fraction of sp³-hybridized carbons (Fsp3) is 0.368. The third kappa shape index (κ3) is 4.74. The van der Waals surface area contributed by atoms with Crippen LogP contribution in [0.1, 0.15) is 48.4 Å². The summed E-state index contributed by atoms with van der Waals surface area (Å²) in [4.78, 5) is 11.9. The van der Waals surface area contributed by atoms with E-state index in [1.807, 2.05) is 18.5 Å².